The van der Waals surface area contributed by atoms with Gasteiger partial charge in [-0.1, -0.05) is 54.6 Å². The molecular formula is C15H14O4S. The average molecular weight is 290 g/mol. The van der Waals surface area contributed by atoms with Crippen LogP contribution in [0.5, 0.6) is 11.5 Å². The molecule has 0 saturated carbocycles. The van der Waals surface area contributed by atoms with Gasteiger partial charge in [-0.3, -0.25) is 0 Å². The van der Waals surface area contributed by atoms with E-state index in [1.165, 1.54) is 24.3 Å². The lowest BCUT2D eigenvalue weighted by atomic mass is 10.1. The molecule has 2 N–H and O–H groups in total. The number of phenolic OH excluding ortho intramolecular Hbond substituents is 2. The summed E-state index contributed by atoms with van der Waals surface area (Å²) in [6, 6.07) is 13.5. The molecule has 0 aromatic heterocycles. The molecule has 104 valence electrons. The second-order valence-electron chi connectivity index (χ2n) is 4.21. The minimum atomic E-state index is -2.82. The van der Waals surface area contributed by atoms with E-state index in [1.807, 2.05) is 30.3 Å². The van der Waals surface area contributed by atoms with Crippen LogP contribution in [0.3, 0.4) is 0 Å². The second kappa shape index (κ2) is 6.25. The van der Waals surface area contributed by atoms with E-state index >= 15 is 0 Å². The van der Waals surface area contributed by atoms with Gasteiger partial charge in [0.25, 0.3) is 0 Å². The zero-order chi connectivity index (χ0) is 14.5. The van der Waals surface area contributed by atoms with Crippen LogP contribution in [0.2, 0.25) is 0 Å². The van der Waals surface area contributed by atoms with Crippen LogP contribution in [-0.2, 0) is 10.7 Å². The standard InChI is InChI=1S/C15H14O4S/c16-13-8-4-7-12(15(13)17)14(20(18)19)10-9-11-5-2-1-3-6-11/h1-10,14,16-17,20H. The largest absolute Gasteiger partial charge is 0.504 e. The molecule has 20 heavy (non-hydrogen) atoms. The monoisotopic (exact) mass is 290 g/mol. The summed E-state index contributed by atoms with van der Waals surface area (Å²) in [5.41, 5.74) is 1.02. The predicted molar refractivity (Wildman–Crippen MR) is 78.3 cm³/mol. The molecule has 0 amide bonds. The van der Waals surface area contributed by atoms with Gasteiger partial charge in [0.1, 0.15) is 5.25 Å². The van der Waals surface area contributed by atoms with Gasteiger partial charge in [-0.15, -0.1) is 0 Å². The number of aromatic hydroxyl groups is 2. The maximum atomic E-state index is 11.4. The van der Waals surface area contributed by atoms with Crippen LogP contribution in [0.1, 0.15) is 16.4 Å². The van der Waals surface area contributed by atoms with Crippen molar-refractivity contribution in [2.75, 3.05) is 0 Å². The topological polar surface area (TPSA) is 74.6 Å². The highest BCUT2D eigenvalue weighted by molar-refractivity contribution is 7.73. The van der Waals surface area contributed by atoms with Gasteiger partial charge >= 0.3 is 0 Å². The summed E-state index contributed by atoms with van der Waals surface area (Å²) < 4.78 is 22.8. The first-order valence-electron chi connectivity index (χ1n) is 5.97. The summed E-state index contributed by atoms with van der Waals surface area (Å²) in [5, 5.41) is 18.2. The summed E-state index contributed by atoms with van der Waals surface area (Å²) in [4.78, 5) is 0. The maximum Gasteiger partial charge on any atom is 0.162 e. The Morgan fingerprint density at radius 1 is 0.950 bits per heavy atom. The quantitative estimate of drug-likeness (QED) is 0.597. The summed E-state index contributed by atoms with van der Waals surface area (Å²) in [5.74, 6) is -0.744. The second-order valence-corrected chi connectivity index (χ2v) is 5.34. The molecule has 2 aromatic rings. The van der Waals surface area contributed by atoms with E-state index in [-0.39, 0.29) is 11.3 Å². The van der Waals surface area contributed by atoms with E-state index < -0.39 is 21.7 Å². The van der Waals surface area contributed by atoms with E-state index in [1.54, 1.807) is 6.08 Å². The molecule has 2 rings (SSSR count). The van der Waals surface area contributed by atoms with Crippen molar-refractivity contribution in [3.05, 3.63) is 65.7 Å². The molecule has 0 heterocycles. The van der Waals surface area contributed by atoms with E-state index in [9.17, 15) is 18.6 Å². The molecule has 0 radical (unpaired) electrons. The third-order valence-corrected chi connectivity index (χ3v) is 3.77. The van der Waals surface area contributed by atoms with E-state index in [4.69, 9.17) is 0 Å². The fraction of sp³-hybridized carbons (Fsp3) is 0.0667. The van der Waals surface area contributed by atoms with E-state index in [0.717, 1.165) is 5.56 Å². The summed E-state index contributed by atoms with van der Waals surface area (Å²) >= 11 is 0. The van der Waals surface area contributed by atoms with Crippen LogP contribution in [0.4, 0.5) is 0 Å². The van der Waals surface area contributed by atoms with Crippen molar-refractivity contribution in [2.24, 2.45) is 0 Å². The summed E-state index contributed by atoms with van der Waals surface area (Å²) in [6.07, 6.45) is 3.15. The molecule has 0 saturated heterocycles. The lowest BCUT2D eigenvalue weighted by Crippen LogP contribution is -1.97. The van der Waals surface area contributed by atoms with Gasteiger partial charge in [0, 0.05) is 5.56 Å². The molecule has 4 nitrogen and oxygen atoms in total. The highest BCUT2D eigenvalue weighted by Gasteiger charge is 2.17. The minimum Gasteiger partial charge on any atom is -0.504 e. The third-order valence-electron chi connectivity index (χ3n) is 2.86. The highest BCUT2D eigenvalue weighted by atomic mass is 32.2. The van der Waals surface area contributed by atoms with Gasteiger partial charge < -0.3 is 10.2 Å². The Labute approximate surface area is 118 Å². The van der Waals surface area contributed by atoms with E-state index in [2.05, 4.69) is 0 Å². The number of rotatable bonds is 4. The molecule has 0 aliphatic carbocycles. The number of para-hydroxylation sites is 1. The Morgan fingerprint density at radius 3 is 2.30 bits per heavy atom. The van der Waals surface area contributed by atoms with Gasteiger partial charge in [-0.2, -0.15) is 0 Å². The third kappa shape index (κ3) is 3.19. The summed E-state index contributed by atoms with van der Waals surface area (Å²) in [6.45, 7) is 0. The van der Waals surface area contributed by atoms with Crippen molar-refractivity contribution in [3.8, 4) is 11.5 Å². The lowest BCUT2D eigenvalue weighted by molar-refractivity contribution is 0.400. The molecule has 5 heteroatoms. The maximum absolute atomic E-state index is 11.4. The van der Waals surface area contributed by atoms with Gasteiger partial charge in [-0.25, -0.2) is 8.42 Å². The Balaban J connectivity index is 2.38. The fourth-order valence-corrected chi connectivity index (χ4v) is 2.50. The molecule has 0 spiro atoms. The van der Waals surface area contributed by atoms with Gasteiger partial charge in [0.15, 0.2) is 22.2 Å². The molecule has 1 atom stereocenters. The number of thiol groups is 1. The highest BCUT2D eigenvalue weighted by Crippen LogP contribution is 2.34. The van der Waals surface area contributed by atoms with E-state index in [0.29, 0.717) is 0 Å². The van der Waals surface area contributed by atoms with Crippen molar-refractivity contribution in [3.63, 3.8) is 0 Å². The summed E-state index contributed by atoms with van der Waals surface area (Å²) in [7, 11) is -2.82. The molecule has 0 aliphatic rings. The zero-order valence-corrected chi connectivity index (χ0v) is 11.4. The van der Waals surface area contributed by atoms with Crippen molar-refractivity contribution in [1.82, 2.24) is 0 Å². The fourth-order valence-electron chi connectivity index (χ4n) is 1.84. The smallest absolute Gasteiger partial charge is 0.162 e. The number of hydrogen-bond donors (Lipinski definition) is 3. The minimum absolute atomic E-state index is 0.160. The molecule has 0 aliphatic heterocycles. The Kier molecular flexibility index (Phi) is 4.42. The molecule has 2 aromatic carbocycles. The molecule has 0 bridgehead atoms. The number of hydrogen-bond acceptors (Lipinski definition) is 4. The van der Waals surface area contributed by atoms with Crippen molar-refractivity contribution < 1.29 is 18.6 Å². The van der Waals surface area contributed by atoms with Gasteiger partial charge in [0.05, 0.1) is 0 Å². The number of benzene rings is 2. The Bertz CT molecular complexity index is 682. The molecule has 0 fully saturated rings. The van der Waals surface area contributed by atoms with Crippen molar-refractivity contribution in [2.45, 2.75) is 5.25 Å². The Morgan fingerprint density at radius 2 is 1.65 bits per heavy atom. The predicted octanol–water partition coefficient (Wildman–Crippen LogP) is 2.46. The Hall–Kier alpha value is -2.27. The molecular weight excluding hydrogens is 276 g/mol. The van der Waals surface area contributed by atoms with Crippen LogP contribution in [0.25, 0.3) is 6.08 Å². The van der Waals surface area contributed by atoms with Crippen LogP contribution in [0, 0.1) is 0 Å². The van der Waals surface area contributed by atoms with Gasteiger partial charge in [0.2, 0.25) is 0 Å². The normalized spacial score (nSPS) is 12.8. The van der Waals surface area contributed by atoms with Gasteiger partial charge in [-0.05, 0) is 11.6 Å². The van der Waals surface area contributed by atoms with Crippen molar-refractivity contribution in [1.29, 1.82) is 0 Å². The van der Waals surface area contributed by atoms with Crippen LogP contribution < -0.4 is 0 Å². The lowest BCUT2D eigenvalue weighted by Gasteiger charge is -2.09. The number of phenols is 2. The SMILES string of the molecule is O=[SH](=O)C(C=Cc1ccccc1)c1cccc(O)c1O. The molecule has 1 unspecified atom stereocenters. The average Bonchev–Trinajstić information content (AvgIpc) is 2.44. The zero-order valence-electron chi connectivity index (χ0n) is 10.5. The van der Waals surface area contributed by atoms with Crippen LogP contribution in [-0.4, -0.2) is 18.6 Å². The first-order valence-corrected chi connectivity index (χ1v) is 7.22. The first-order chi connectivity index (χ1) is 9.59. The first kappa shape index (κ1) is 14.1. The van der Waals surface area contributed by atoms with Crippen LogP contribution >= 0.6 is 0 Å². The van der Waals surface area contributed by atoms with Crippen LogP contribution in [0.15, 0.2) is 54.6 Å². The van der Waals surface area contributed by atoms with Crippen molar-refractivity contribution >= 4 is 16.8 Å².